The number of amides is 1. The quantitative estimate of drug-likeness (QED) is 0.801. The summed E-state index contributed by atoms with van der Waals surface area (Å²) in [6.07, 6.45) is 7.47. The first-order valence-corrected chi connectivity index (χ1v) is 9.67. The minimum Gasteiger partial charge on any atom is -0.341 e. The second-order valence-corrected chi connectivity index (χ2v) is 8.24. The molecule has 0 bridgehead atoms. The molecule has 1 saturated carbocycles. The monoisotopic (exact) mass is 332 g/mol. The van der Waals surface area contributed by atoms with Gasteiger partial charge in [-0.05, 0) is 37.0 Å². The maximum absolute atomic E-state index is 12.9. The summed E-state index contributed by atoms with van der Waals surface area (Å²) in [5.74, 6) is 2.55. The molecule has 1 amide bonds. The van der Waals surface area contributed by atoms with Gasteiger partial charge in [0.05, 0.1) is 0 Å². The van der Waals surface area contributed by atoms with Crippen molar-refractivity contribution in [3.63, 3.8) is 0 Å². The van der Waals surface area contributed by atoms with E-state index in [-0.39, 0.29) is 11.3 Å². The predicted octanol–water partition coefficient (Wildman–Crippen LogP) is 3.47. The summed E-state index contributed by atoms with van der Waals surface area (Å²) in [5.41, 5.74) is 0.253. The van der Waals surface area contributed by atoms with E-state index in [1.165, 1.54) is 19.3 Å². The summed E-state index contributed by atoms with van der Waals surface area (Å²) in [5, 5.41) is 8.67. The molecule has 5 heteroatoms. The Labute approximate surface area is 145 Å². The second-order valence-electron chi connectivity index (χ2n) is 8.24. The van der Waals surface area contributed by atoms with E-state index < -0.39 is 0 Å². The minimum absolute atomic E-state index is 0.175. The third-order valence-corrected chi connectivity index (χ3v) is 6.16. The van der Waals surface area contributed by atoms with Crippen molar-refractivity contribution in [1.29, 1.82) is 0 Å². The summed E-state index contributed by atoms with van der Waals surface area (Å²) < 4.78 is 2.22. The van der Waals surface area contributed by atoms with E-state index in [4.69, 9.17) is 0 Å². The van der Waals surface area contributed by atoms with Crippen LogP contribution in [0.4, 0.5) is 0 Å². The van der Waals surface area contributed by atoms with Crippen LogP contribution in [0.1, 0.15) is 71.5 Å². The van der Waals surface area contributed by atoms with E-state index in [2.05, 4.69) is 47.4 Å². The Morgan fingerprint density at radius 3 is 2.58 bits per heavy atom. The van der Waals surface area contributed by atoms with Crippen LogP contribution in [-0.2, 0) is 11.3 Å². The van der Waals surface area contributed by atoms with Crippen molar-refractivity contribution in [2.24, 2.45) is 17.3 Å². The van der Waals surface area contributed by atoms with Gasteiger partial charge in [0.15, 0.2) is 0 Å². The first-order valence-electron chi connectivity index (χ1n) is 9.67. The zero-order valence-corrected chi connectivity index (χ0v) is 15.7. The lowest BCUT2D eigenvalue weighted by molar-refractivity contribution is -0.135. The van der Waals surface area contributed by atoms with Gasteiger partial charge in [-0.1, -0.05) is 34.1 Å². The van der Waals surface area contributed by atoms with Crippen molar-refractivity contribution in [2.45, 2.75) is 72.3 Å². The van der Waals surface area contributed by atoms with Crippen LogP contribution < -0.4 is 0 Å². The van der Waals surface area contributed by atoms with Crippen molar-refractivity contribution >= 4 is 5.91 Å². The van der Waals surface area contributed by atoms with Gasteiger partial charge in [-0.3, -0.25) is 4.79 Å². The molecule has 3 rings (SSSR count). The number of carbonyl (C=O) groups excluding carboxylic acids is 1. The van der Waals surface area contributed by atoms with Gasteiger partial charge in [0.1, 0.15) is 12.2 Å². The van der Waals surface area contributed by atoms with Crippen molar-refractivity contribution in [3.05, 3.63) is 12.2 Å². The summed E-state index contributed by atoms with van der Waals surface area (Å²) in [7, 11) is 0. The first-order chi connectivity index (χ1) is 11.5. The summed E-state index contributed by atoms with van der Waals surface area (Å²) in [4.78, 5) is 15.0. The van der Waals surface area contributed by atoms with Crippen LogP contribution in [0.3, 0.4) is 0 Å². The van der Waals surface area contributed by atoms with E-state index in [1.807, 2.05) is 6.33 Å². The molecule has 1 aromatic heterocycles. The fraction of sp³-hybridized carbons (Fsp3) is 0.842. The average Bonchev–Trinajstić information content (AvgIpc) is 3.11. The van der Waals surface area contributed by atoms with Gasteiger partial charge in [0, 0.05) is 31.5 Å². The molecule has 24 heavy (non-hydrogen) atoms. The van der Waals surface area contributed by atoms with Crippen molar-refractivity contribution < 1.29 is 4.79 Å². The molecule has 5 nitrogen and oxygen atoms in total. The van der Waals surface area contributed by atoms with Gasteiger partial charge in [-0.25, -0.2) is 0 Å². The van der Waals surface area contributed by atoms with Crippen LogP contribution >= 0.6 is 0 Å². The van der Waals surface area contributed by atoms with Crippen LogP contribution in [0.15, 0.2) is 6.33 Å². The van der Waals surface area contributed by atoms with Crippen molar-refractivity contribution in [2.75, 3.05) is 13.1 Å². The molecular weight excluding hydrogens is 300 g/mol. The Morgan fingerprint density at radius 1 is 1.33 bits per heavy atom. The fourth-order valence-corrected chi connectivity index (χ4v) is 4.59. The molecule has 0 aromatic carbocycles. The fourth-order valence-electron chi connectivity index (χ4n) is 4.59. The smallest absolute Gasteiger partial charge is 0.225 e. The third-order valence-electron chi connectivity index (χ3n) is 6.16. The standard InChI is InChI=1S/C19H32N4O/c1-5-15(6-2)18(24)22-11-16(19(12-22)8-7-9-19)17-21-20-13-23(17)10-14(3)4/h13-16H,5-12H2,1-4H3. The van der Waals surface area contributed by atoms with E-state index in [1.54, 1.807) is 0 Å². The first kappa shape index (κ1) is 17.4. The number of hydrogen-bond acceptors (Lipinski definition) is 3. The Hall–Kier alpha value is -1.39. The summed E-state index contributed by atoms with van der Waals surface area (Å²) in [6.45, 7) is 11.4. The maximum atomic E-state index is 12.9. The molecular formula is C19H32N4O. The van der Waals surface area contributed by atoms with Crippen molar-refractivity contribution in [1.82, 2.24) is 19.7 Å². The molecule has 1 atom stereocenters. The zero-order chi connectivity index (χ0) is 17.3. The number of hydrogen-bond donors (Lipinski definition) is 0. The Kier molecular flexibility index (Phi) is 4.97. The molecule has 1 unspecified atom stereocenters. The molecule has 1 aliphatic heterocycles. The Morgan fingerprint density at radius 2 is 2.04 bits per heavy atom. The normalized spacial score (nSPS) is 22.6. The van der Waals surface area contributed by atoms with Crippen LogP contribution in [0.5, 0.6) is 0 Å². The highest BCUT2D eigenvalue weighted by atomic mass is 16.2. The molecule has 1 spiro atoms. The maximum Gasteiger partial charge on any atom is 0.225 e. The number of carbonyl (C=O) groups is 1. The molecule has 2 heterocycles. The lowest BCUT2D eigenvalue weighted by Gasteiger charge is -2.42. The molecule has 2 fully saturated rings. The molecule has 0 radical (unpaired) electrons. The van der Waals surface area contributed by atoms with Gasteiger partial charge in [0.2, 0.25) is 5.91 Å². The lowest BCUT2D eigenvalue weighted by atomic mass is 9.62. The van der Waals surface area contributed by atoms with E-state index >= 15 is 0 Å². The topological polar surface area (TPSA) is 51.0 Å². The van der Waals surface area contributed by atoms with E-state index in [0.717, 1.165) is 38.3 Å². The third kappa shape index (κ3) is 2.98. The highest BCUT2D eigenvalue weighted by Crippen LogP contribution is 2.55. The highest BCUT2D eigenvalue weighted by Gasteiger charge is 2.53. The lowest BCUT2D eigenvalue weighted by Crippen LogP contribution is -2.39. The number of rotatable bonds is 6. The largest absolute Gasteiger partial charge is 0.341 e. The molecule has 134 valence electrons. The number of aromatic nitrogens is 3. The Bertz CT molecular complexity index is 572. The second kappa shape index (κ2) is 6.85. The van der Waals surface area contributed by atoms with Gasteiger partial charge < -0.3 is 9.47 Å². The number of nitrogens with zero attached hydrogens (tertiary/aromatic N) is 4. The SMILES string of the molecule is CCC(CC)C(=O)N1CC(c2nncn2CC(C)C)C2(CCC2)C1. The number of likely N-dealkylation sites (tertiary alicyclic amines) is 1. The van der Waals surface area contributed by atoms with Crippen molar-refractivity contribution in [3.8, 4) is 0 Å². The summed E-state index contributed by atoms with van der Waals surface area (Å²) >= 11 is 0. The molecule has 1 aromatic rings. The Balaban J connectivity index is 1.83. The molecule has 1 saturated heterocycles. The van der Waals surface area contributed by atoms with Gasteiger partial charge in [-0.2, -0.15) is 0 Å². The predicted molar refractivity (Wildman–Crippen MR) is 94.5 cm³/mol. The van der Waals surface area contributed by atoms with E-state index in [0.29, 0.717) is 17.7 Å². The van der Waals surface area contributed by atoms with Gasteiger partial charge >= 0.3 is 0 Å². The van der Waals surface area contributed by atoms with E-state index in [9.17, 15) is 4.79 Å². The van der Waals surface area contributed by atoms with Gasteiger partial charge in [-0.15, -0.1) is 10.2 Å². The van der Waals surface area contributed by atoms with Crippen LogP contribution in [0, 0.1) is 17.3 Å². The van der Waals surface area contributed by atoms with Crippen LogP contribution in [0.2, 0.25) is 0 Å². The zero-order valence-electron chi connectivity index (χ0n) is 15.7. The van der Waals surface area contributed by atoms with Crippen LogP contribution in [0.25, 0.3) is 0 Å². The summed E-state index contributed by atoms with van der Waals surface area (Å²) in [6, 6.07) is 0. The molecule has 0 N–H and O–H groups in total. The van der Waals surface area contributed by atoms with Crippen LogP contribution in [-0.4, -0.2) is 38.7 Å². The molecule has 1 aliphatic carbocycles. The molecule has 2 aliphatic rings. The van der Waals surface area contributed by atoms with Gasteiger partial charge in [0.25, 0.3) is 0 Å². The highest BCUT2D eigenvalue weighted by molar-refractivity contribution is 5.79. The average molecular weight is 332 g/mol. The minimum atomic E-state index is 0.175.